The molecular formula is C22H26N4O3S. The summed E-state index contributed by atoms with van der Waals surface area (Å²) in [6.45, 7) is 7.80. The number of aromatic nitrogens is 3. The molecule has 8 heteroatoms. The smallest absolute Gasteiger partial charge is 0.163 e. The number of hydrogen-bond acceptors (Lipinski definition) is 8. The van der Waals surface area contributed by atoms with E-state index in [9.17, 15) is 5.11 Å². The maximum atomic E-state index is 9.87. The predicted molar refractivity (Wildman–Crippen MR) is 117 cm³/mol. The molecule has 2 fully saturated rings. The summed E-state index contributed by atoms with van der Waals surface area (Å²) in [6, 6.07) is 8.10. The number of fused-ring (bicyclic) bond motifs is 2. The second-order valence-corrected chi connectivity index (χ2v) is 9.59. The molecule has 0 bridgehead atoms. The molecule has 0 spiro atoms. The molecule has 1 saturated carbocycles. The van der Waals surface area contributed by atoms with Crippen molar-refractivity contribution in [1.82, 2.24) is 15.0 Å². The topological polar surface area (TPSA) is 89.4 Å². The van der Waals surface area contributed by atoms with Gasteiger partial charge in [0.1, 0.15) is 22.8 Å². The van der Waals surface area contributed by atoms with Crippen molar-refractivity contribution in [3.05, 3.63) is 35.8 Å². The Labute approximate surface area is 179 Å². The third-order valence-corrected chi connectivity index (χ3v) is 6.90. The number of benzene rings is 1. The van der Waals surface area contributed by atoms with E-state index in [0.717, 1.165) is 38.7 Å². The van der Waals surface area contributed by atoms with E-state index in [1.807, 2.05) is 45.9 Å². The van der Waals surface area contributed by atoms with Crippen LogP contribution in [0, 0.1) is 19.8 Å². The lowest BCUT2D eigenvalue weighted by Crippen LogP contribution is -2.35. The summed E-state index contributed by atoms with van der Waals surface area (Å²) < 4.78 is 13.4. The van der Waals surface area contributed by atoms with Gasteiger partial charge in [0.2, 0.25) is 0 Å². The minimum Gasteiger partial charge on any atom is -0.396 e. The van der Waals surface area contributed by atoms with Crippen molar-refractivity contribution >= 4 is 27.4 Å². The first-order chi connectivity index (χ1) is 14.3. The third kappa shape index (κ3) is 3.37. The lowest BCUT2D eigenvalue weighted by molar-refractivity contribution is -0.158. The van der Waals surface area contributed by atoms with Crippen molar-refractivity contribution in [2.24, 2.45) is 5.92 Å². The largest absolute Gasteiger partial charge is 0.396 e. The van der Waals surface area contributed by atoms with Crippen LogP contribution in [0.4, 0.5) is 5.82 Å². The number of rotatable bonds is 4. The second-order valence-electron chi connectivity index (χ2n) is 8.56. The highest BCUT2D eigenvalue weighted by molar-refractivity contribution is 7.21. The normalized spacial score (nSPS) is 27.5. The van der Waals surface area contributed by atoms with Crippen molar-refractivity contribution in [3.8, 4) is 10.6 Å². The first-order valence-corrected chi connectivity index (χ1v) is 11.1. The zero-order chi connectivity index (χ0) is 21.0. The number of aryl methyl sites for hydroxylation is 2. The van der Waals surface area contributed by atoms with Gasteiger partial charge in [0, 0.05) is 12.5 Å². The van der Waals surface area contributed by atoms with Crippen molar-refractivity contribution in [1.29, 1.82) is 0 Å². The van der Waals surface area contributed by atoms with Gasteiger partial charge in [-0.15, -0.1) is 11.3 Å². The van der Waals surface area contributed by atoms with Gasteiger partial charge >= 0.3 is 0 Å². The molecule has 2 aromatic heterocycles. The van der Waals surface area contributed by atoms with Gasteiger partial charge in [0.15, 0.2) is 5.79 Å². The molecule has 0 radical (unpaired) electrons. The number of aliphatic hydroxyl groups excluding tert-OH is 1. The molecule has 4 atom stereocenters. The van der Waals surface area contributed by atoms with Crippen LogP contribution in [-0.4, -0.2) is 50.7 Å². The zero-order valence-electron chi connectivity index (χ0n) is 17.5. The van der Waals surface area contributed by atoms with E-state index in [-0.39, 0.29) is 30.8 Å². The van der Waals surface area contributed by atoms with Crippen LogP contribution in [0.3, 0.4) is 0 Å². The lowest BCUT2D eigenvalue weighted by atomic mass is 10.1. The molecule has 158 valence electrons. The van der Waals surface area contributed by atoms with Gasteiger partial charge in [-0.2, -0.15) is 0 Å². The molecule has 2 aliphatic rings. The van der Waals surface area contributed by atoms with Gasteiger partial charge < -0.3 is 19.9 Å². The Hall–Kier alpha value is -2.13. The third-order valence-electron chi connectivity index (χ3n) is 5.85. The maximum absolute atomic E-state index is 9.87. The minimum absolute atomic E-state index is 0.0178. The average molecular weight is 427 g/mol. The first-order valence-electron chi connectivity index (χ1n) is 10.3. The van der Waals surface area contributed by atoms with E-state index in [1.165, 1.54) is 0 Å². The number of aliphatic hydroxyl groups is 1. The van der Waals surface area contributed by atoms with E-state index in [1.54, 1.807) is 11.3 Å². The predicted octanol–water partition coefficient (Wildman–Crippen LogP) is 3.68. The van der Waals surface area contributed by atoms with Crippen LogP contribution in [0.5, 0.6) is 0 Å². The van der Waals surface area contributed by atoms with Crippen molar-refractivity contribution in [2.75, 3.05) is 11.9 Å². The fourth-order valence-corrected chi connectivity index (χ4v) is 5.70. The summed E-state index contributed by atoms with van der Waals surface area (Å²) in [5, 5.41) is 14.4. The SMILES string of the molecule is Cc1nc(C)c(-c2nc3ccccc3s2)c(N[C@@H]2C[C@H](CO)[C@H]3OC(C)(C)OC23)n1. The fraction of sp³-hybridized carbons (Fsp3) is 0.500. The lowest BCUT2D eigenvalue weighted by Gasteiger charge is -2.24. The summed E-state index contributed by atoms with van der Waals surface area (Å²) in [4.78, 5) is 14.2. The molecule has 30 heavy (non-hydrogen) atoms. The number of hydrogen-bond donors (Lipinski definition) is 2. The maximum Gasteiger partial charge on any atom is 0.163 e. The highest BCUT2D eigenvalue weighted by Gasteiger charge is 2.54. The molecule has 3 heterocycles. The van der Waals surface area contributed by atoms with Crippen LogP contribution in [0.2, 0.25) is 0 Å². The standard InChI is InChI=1S/C22H26N4O3S/c1-11-17(21-26-14-7-5-6-8-16(14)30-21)20(24-12(2)23-11)25-15-9-13(10-27)18-19(15)29-22(3,4)28-18/h5-8,13,15,18-19,27H,9-10H2,1-4H3,(H,23,24,25)/t13-,15-,18-,19?/m1/s1. The molecule has 1 saturated heterocycles. The number of thiazole rings is 1. The van der Waals surface area contributed by atoms with E-state index in [4.69, 9.17) is 19.4 Å². The molecule has 0 amide bonds. The van der Waals surface area contributed by atoms with Crippen LogP contribution in [0.1, 0.15) is 31.8 Å². The molecule has 1 aliphatic heterocycles. The van der Waals surface area contributed by atoms with Crippen LogP contribution in [-0.2, 0) is 9.47 Å². The summed E-state index contributed by atoms with van der Waals surface area (Å²) in [5.74, 6) is 0.840. The number of nitrogens with zero attached hydrogens (tertiary/aromatic N) is 3. The average Bonchev–Trinajstić information content (AvgIpc) is 3.32. The Morgan fingerprint density at radius 2 is 1.90 bits per heavy atom. The Balaban J connectivity index is 1.53. The summed E-state index contributed by atoms with van der Waals surface area (Å²) in [6.07, 6.45) is 0.483. The van der Waals surface area contributed by atoms with Gasteiger partial charge in [-0.25, -0.2) is 15.0 Å². The monoisotopic (exact) mass is 426 g/mol. The molecule has 1 aromatic carbocycles. The van der Waals surface area contributed by atoms with Gasteiger partial charge in [0.25, 0.3) is 0 Å². The van der Waals surface area contributed by atoms with Crippen LogP contribution < -0.4 is 5.32 Å². The number of para-hydroxylation sites is 1. The zero-order valence-corrected chi connectivity index (χ0v) is 18.4. The van der Waals surface area contributed by atoms with E-state index < -0.39 is 5.79 Å². The van der Waals surface area contributed by atoms with Gasteiger partial charge in [0.05, 0.1) is 33.6 Å². The first kappa shape index (κ1) is 19.8. The second kappa shape index (κ2) is 7.23. The van der Waals surface area contributed by atoms with E-state index in [2.05, 4.69) is 16.4 Å². The van der Waals surface area contributed by atoms with E-state index in [0.29, 0.717) is 5.82 Å². The Morgan fingerprint density at radius 3 is 2.67 bits per heavy atom. The number of anilines is 1. The number of ether oxygens (including phenoxy) is 2. The van der Waals surface area contributed by atoms with Crippen molar-refractivity contribution in [3.63, 3.8) is 0 Å². The Kier molecular flexibility index (Phi) is 4.77. The van der Waals surface area contributed by atoms with Crippen LogP contribution >= 0.6 is 11.3 Å². The highest BCUT2D eigenvalue weighted by Crippen LogP contribution is 2.43. The van der Waals surface area contributed by atoms with Crippen LogP contribution in [0.25, 0.3) is 20.8 Å². The van der Waals surface area contributed by atoms with Gasteiger partial charge in [-0.3, -0.25) is 0 Å². The van der Waals surface area contributed by atoms with Crippen molar-refractivity contribution in [2.45, 2.75) is 58.2 Å². The summed E-state index contributed by atoms with van der Waals surface area (Å²) in [7, 11) is 0. The minimum atomic E-state index is -0.656. The van der Waals surface area contributed by atoms with Gasteiger partial charge in [-0.05, 0) is 46.2 Å². The molecule has 2 N–H and O–H groups in total. The van der Waals surface area contributed by atoms with Gasteiger partial charge in [-0.1, -0.05) is 12.1 Å². The molecule has 1 unspecified atom stereocenters. The number of nitrogens with one attached hydrogen (secondary N) is 1. The quantitative estimate of drug-likeness (QED) is 0.658. The Bertz CT molecular complexity index is 1070. The fourth-order valence-electron chi connectivity index (χ4n) is 4.63. The van der Waals surface area contributed by atoms with Crippen molar-refractivity contribution < 1.29 is 14.6 Å². The van der Waals surface area contributed by atoms with E-state index >= 15 is 0 Å². The van der Waals surface area contributed by atoms with Crippen LogP contribution in [0.15, 0.2) is 24.3 Å². The Morgan fingerprint density at radius 1 is 1.13 bits per heavy atom. The highest BCUT2D eigenvalue weighted by atomic mass is 32.1. The molecule has 3 aromatic rings. The summed E-state index contributed by atoms with van der Waals surface area (Å²) in [5.41, 5.74) is 2.78. The molecule has 5 rings (SSSR count). The molecular weight excluding hydrogens is 400 g/mol. The molecule has 1 aliphatic carbocycles. The molecule has 7 nitrogen and oxygen atoms in total. The summed E-state index contributed by atoms with van der Waals surface area (Å²) >= 11 is 1.64.